The molecule has 0 spiro atoms. The molecule has 2 N–H and O–H groups in total. The maximum Gasteiger partial charge on any atom is 0.0802 e. The van der Waals surface area contributed by atoms with Crippen molar-refractivity contribution in [2.45, 2.75) is 50.7 Å². The van der Waals surface area contributed by atoms with Crippen LogP contribution in [0.5, 0.6) is 0 Å². The fourth-order valence-corrected chi connectivity index (χ4v) is 3.32. The quantitative estimate of drug-likeness (QED) is 0.811. The van der Waals surface area contributed by atoms with Crippen LogP contribution < -0.4 is 0 Å². The molecule has 1 aliphatic carbocycles. The predicted molar refractivity (Wildman–Crippen MR) is 86.6 cm³/mol. The normalized spacial score (nSPS) is 18.1. The minimum absolute atomic E-state index is 0.188. The zero-order valence-electron chi connectivity index (χ0n) is 12.5. The largest absolute Gasteiger partial charge is 0.395 e. The molecule has 1 saturated carbocycles. The van der Waals surface area contributed by atoms with Crippen LogP contribution in [0, 0.1) is 0 Å². The summed E-state index contributed by atoms with van der Waals surface area (Å²) in [6.45, 7) is 1.72. The van der Waals surface area contributed by atoms with Crippen LogP contribution in [0.15, 0.2) is 24.3 Å². The molecule has 4 heteroatoms. The highest BCUT2D eigenvalue weighted by Gasteiger charge is 2.21. The van der Waals surface area contributed by atoms with Gasteiger partial charge < -0.3 is 10.2 Å². The van der Waals surface area contributed by atoms with Crippen LogP contribution in [-0.2, 0) is 0 Å². The second-order valence-electron chi connectivity index (χ2n) is 5.91. The first kappa shape index (κ1) is 16.8. The highest BCUT2D eigenvalue weighted by Crippen LogP contribution is 2.24. The van der Waals surface area contributed by atoms with Gasteiger partial charge >= 0.3 is 0 Å². The Kier molecular flexibility index (Phi) is 6.97. The zero-order chi connectivity index (χ0) is 15.1. The van der Waals surface area contributed by atoms with E-state index in [-0.39, 0.29) is 6.61 Å². The van der Waals surface area contributed by atoms with Crippen molar-refractivity contribution in [3.8, 4) is 0 Å². The van der Waals surface area contributed by atoms with Crippen LogP contribution in [0.4, 0.5) is 0 Å². The lowest BCUT2D eigenvalue weighted by Crippen LogP contribution is -2.39. The molecule has 0 bridgehead atoms. The number of benzene rings is 1. The summed E-state index contributed by atoms with van der Waals surface area (Å²) in [5, 5.41) is 20.2. The monoisotopic (exact) mass is 311 g/mol. The summed E-state index contributed by atoms with van der Waals surface area (Å²) in [5.74, 6) is 0. The van der Waals surface area contributed by atoms with E-state index in [0.29, 0.717) is 24.0 Å². The molecule has 0 radical (unpaired) electrons. The Labute approximate surface area is 132 Å². The van der Waals surface area contributed by atoms with Gasteiger partial charge in [0, 0.05) is 24.2 Å². The SMILES string of the molecule is OCCN(CCC(O)c1ccc(Cl)cc1)C1CCCCC1. The lowest BCUT2D eigenvalue weighted by Gasteiger charge is -2.34. The van der Waals surface area contributed by atoms with E-state index in [4.69, 9.17) is 11.6 Å². The average molecular weight is 312 g/mol. The van der Waals surface area contributed by atoms with Crippen molar-refractivity contribution in [1.29, 1.82) is 0 Å². The van der Waals surface area contributed by atoms with E-state index in [0.717, 1.165) is 12.1 Å². The molecule has 0 aliphatic heterocycles. The van der Waals surface area contributed by atoms with Gasteiger partial charge in [0.2, 0.25) is 0 Å². The van der Waals surface area contributed by atoms with E-state index < -0.39 is 6.10 Å². The first-order chi connectivity index (χ1) is 10.2. The molecular formula is C17H26ClNO2. The molecule has 118 valence electrons. The fraction of sp³-hybridized carbons (Fsp3) is 0.647. The van der Waals surface area contributed by atoms with E-state index in [1.807, 2.05) is 24.3 Å². The first-order valence-corrected chi connectivity index (χ1v) is 8.37. The minimum Gasteiger partial charge on any atom is -0.395 e. The average Bonchev–Trinajstić information content (AvgIpc) is 2.52. The topological polar surface area (TPSA) is 43.7 Å². The number of hydrogen-bond acceptors (Lipinski definition) is 3. The van der Waals surface area contributed by atoms with Crippen molar-refractivity contribution in [3.63, 3.8) is 0 Å². The van der Waals surface area contributed by atoms with Crippen LogP contribution in [0.2, 0.25) is 5.02 Å². The molecule has 1 aliphatic rings. The third-order valence-corrected chi connectivity index (χ3v) is 4.67. The van der Waals surface area contributed by atoms with Crippen LogP contribution in [-0.4, -0.2) is 40.9 Å². The molecule has 1 aromatic carbocycles. The van der Waals surface area contributed by atoms with Gasteiger partial charge in [0.25, 0.3) is 0 Å². The Morgan fingerprint density at radius 2 is 1.76 bits per heavy atom. The van der Waals surface area contributed by atoms with E-state index in [9.17, 15) is 10.2 Å². The first-order valence-electron chi connectivity index (χ1n) is 7.99. The number of hydrogen-bond donors (Lipinski definition) is 2. The molecule has 1 unspecified atom stereocenters. The summed E-state index contributed by atoms with van der Waals surface area (Å²) >= 11 is 5.87. The molecule has 1 aromatic rings. The van der Waals surface area contributed by atoms with Gasteiger partial charge in [0.05, 0.1) is 12.7 Å². The lowest BCUT2D eigenvalue weighted by molar-refractivity contribution is 0.0923. The van der Waals surface area contributed by atoms with Gasteiger partial charge in [-0.3, -0.25) is 4.90 Å². The standard InChI is InChI=1S/C17H26ClNO2/c18-15-8-6-14(7-9-15)17(21)10-11-19(12-13-20)16-4-2-1-3-5-16/h6-9,16-17,20-21H,1-5,10-13H2. The molecule has 2 rings (SSSR count). The third-order valence-electron chi connectivity index (χ3n) is 4.42. The Balaban J connectivity index is 1.86. The van der Waals surface area contributed by atoms with Crippen molar-refractivity contribution >= 4 is 11.6 Å². The number of halogens is 1. The van der Waals surface area contributed by atoms with Gasteiger partial charge in [-0.2, -0.15) is 0 Å². The number of nitrogens with zero attached hydrogens (tertiary/aromatic N) is 1. The Bertz CT molecular complexity index is 404. The molecular weight excluding hydrogens is 286 g/mol. The van der Waals surface area contributed by atoms with Gasteiger partial charge in [-0.15, -0.1) is 0 Å². The summed E-state index contributed by atoms with van der Waals surface area (Å²) in [7, 11) is 0. The number of aliphatic hydroxyl groups is 2. The minimum atomic E-state index is -0.466. The summed E-state index contributed by atoms with van der Waals surface area (Å²) in [6, 6.07) is 7.95. The van der Waals surface area contributed by atoms with Crippen LogP contribution >= 0.6 is 11.6 Å². The summed E-state index contributed by atoms with van der Waals surface area (Å²) in [4.78, 5) is 2.35. The second kappa shape index (κ2) is 8.74. The second-order valence-corrected chi connectivity index (χ2v) is 6.34. The van der Waals surface area contributed by atoms with Crippen molar-refractivity contribution < 1.29 is 10.2 Å². The number of rotatable bonds is 7. The summed E-state index contributed by atoms with van der Waals surface area (Å²) in [5.41, 5.74) is 0.909. The molecule has 0 amide bonds. The van der Waals surface area contributed by atoms with Gasteiger partial charge in [0.1, 0.15) is 0 Å². The zero-order valence-corrected chi connectivity index (χ0v) is 13.3. The maximum absolute atomic E-state index is 10.3. The van der Waals surface area contributed by atoms with Gasteiger partial charge in [-0.1, -0.05) is 43.0 Å². The third kappa shape index (κ3) is 5.26. The smallest absolute Gasteiger partial charge is 0.0802 e. The molecule has 0 heterocycles. The van der Waals surface area contributed by atoms with Crippen molar-refractivity contribution in [3.05, 3.63) is 34.9 Å². The Morgan fingerprint density at radius 3 is 2.38 bits per heavy atom. The van der Waals surface area contributed by atoms with E-state index in [1.54, 1.807) is 0 Å². The molecule has 0 aromatic heterocycles. The van der Waals surface area contributed by atoms with Gasteiger partial charge in [-0.05, 0) is 37.0 Å². The highest BCUT2D eigenvalue weighted by atomic mass is 35.5. The lowest BCUT2D eigenvalue weighted by atomic mass is 9.93. The molecule has 0 saturated heterocycles. The predicted octanol–water partition coefficient (Wildman–Crippen LogP) is 3.39. The van der Waals surface area contributed by atoms with Crippen LogP contribution in [0.1, 0.15) is 50.2 Å². The molecule has 1 atom stereocenters. The van der Waals surface area contributed by atoms with Gasteiger partial charge in [0.15, 0.2) is 0 Å². The Hall–Kier alpha value is -0.610. The van der Waals surface area contributed by atoms with Crippen LogP contribution in [0.3, 0.4) is 0 Å². The molecule has 3 nitrogen and oxygen atoms in total. The van der Waals surface area contributed by atoms with E-state index in [2.05, 4.69) is 4.90 Å². The van der Waals surface area contributed by atoms with Gasteiger partial charge in [-0.25, -0.2) is 0 Å². The molecule has 1 fully saturated rings. The van der Waals surface area contributed by atoms with Crippen molar-refractivity contribution in [2.24, 2.45) is 0 Å². The maximum atomic E-state index is 10.3. The summed E-state index contributed by atoms with van der Waals surface area (Å²) < 4.78 is 0. The van der Waals surface area contributed by atoms with Crippen LogP contribution in [0.25, 0.3) is 0 Å². The van der Waals surface area contributed by atoms with Crippen molar-refractivity contribution in [1.82, 2.24) is 4.90 Å². The Morgan fingerprint density at radius 1 is 1.10 bits per heavy atom. The highest BCUT2D eigenvalue weighted by molar-refractivity contribution is 6.30. The molecule has 21 heavy (non-hydrogen) atoms. The summed E-state index contributed by atoms with van der Waals surface area (Å²) in [6.07, 6.45) is 6.56. The van der Waals surface area contributed by atoms with Crippen molar-refractivity contribution in [2.75, 3.05) is 19.7 Å². The fourth-order valence-electron chi connectivity index (χ4n) is 3.19. The van der Waals surface area contributed by atoms with E-state index in [1.165, 1.54) is 32.1 Å². The van der Waals surface area contributed by atoms with E-state index >= 15 is 0 Å². The number of aliphatic hydroxyl groups excluding tert-OH is 2.